The molecule has 3 nitrogen and oxygen atoms in total. The molecule has 1 aromatic heterocycles. The first-order valence-corrected chi connectivity index (χ1v) is 9.61. The second kappa shape index (κ2) is 7.49. The number of amides is 1. The van der Waals surface area contributed by atoms with Gasteiger partial charge in [-0.2, -0.15) is 0 Å². The zero-order valence-electron chi connectivity index (χ0n) is 14.8. The average Bonchev–Trinajstić information content (AvgIpc) is 2.98. The molecule has 24 heavy (non-hydrogen) atoms. The van der Waals surface area contributed by atoms with Gasteiger partial charge in [0.25, 0.3) is 5.91 Å². The van der Waals surface area contributed by atoms with Gasteiger partial charge in [-0.1, -0.05) is 37.3 Å². The van der Waals surface area contributed by atoms with Gasteiger partial charge in [-0.3, -0.25) is 4.79 Å². The molecule has 0 fully saturated rings. The minimum Gasteiger partial charge on any atom is -0.339 e. The van der Waals surface area contributed by atoms with Crippen LogP contribution < -0.4 is 10.2 Å². The van der Waals surface area contributed by atoms with Crippen LogP contribution in [0.1, 0.15) is 45.1 Å². The molecule has 0 unspecified atom stereocenters. The number of hydrogen-bond acceptors (Lipinski definition) is 2. The van der Waals surface area contributed by atoms with E-state index in [1.54, 1.807) is 11.3 Å². The number of rotatable bonds is 5. The predicted octanol–water partition coefficient (Wildman–Crippen LogP) is 2.49. The van der Waals surface area contributed by atoms with Crippen molar-refractivity contribution in [1.82, 2.24) is 5.32 Å². The maximum Gasteiger partial charge on any atom is 0.262 e. The smallest absolute Gasteiger partial charge is 0.262 e. The fourth-order valence-corrected chi connectivity index (χ4v) is 4.50. The van der Waals surface area contributed by atoms with Crippen molar-refractivity contribution in [2.45, 2.75) is 32.2 Å². The highest BCUT2D eigenvalue weighted by Crippen LogP contribution is 2.32. The quantitative estimate of drug-likeness (QED) is 0.859. The molecule has 128 valence electrons. The standard InChI is InChI=1S/C20H26N2OS/c1-14-9-10-18-16(11-14)12-19(24-18)20(23)21-17(13-22(2)3)15-7-5-4-6-8-15/h4-8,12,14,17H,9-11,13H2,1-3H3,(H,21,23)/p+1/t14-,17-/m1/s1. The van der Waals surface area contributed by atoms with Gasteiger partial charge >= 0.3 is 0 Å². The van der Waals surface area contributed by atoms with Crippen molar-refractivity contribution in [1.29, 1.82) is 0 Å². The molecule has 2 aromatic rings. The highest BCUT2D eigenvalue weighted by Gasteiger charge is 2.23. The molecule has 2 atom stereocenters. The first kappa shape index (κ1) is 17.2. The lowest BCUT2D eigenvalue weighted by Crippen LogP contribution is -3.06. The fraction of sp³-hybridized carbons (Fsp3) is 0.450. The minimum absolute atomic E-state index is 0.0433. The number of nitrogens with one attached hydrogen (secondary N) is 2. The van der Waals surface area contributed by atoms with Crippen molar-refractivity contribution >= 4 is 17.2 Å². The Morgan fingerprint density at radius 3 is 2.79 bits per heavy atom. The summed E-state index contributed by atoms with van der Waals surface area (Å²) in [7, 11) is 4.24. The van der Waals surface area contributed by atoms with Crippen molar-refractivity contribution in [3.8, 4) is 0 Å². The largest absolute Gasteiger partial charge is 0.339 e. The Labute approximate surface area is 148 Å². The Kier molecular flexibility index (Phi) is 5.36. The van der Waals surface area contributed by atoms with Gasteiger partial charge in [-0.05, 0) is 42.4 Å². The van der Waals surface area contributed by atoms with E-state index in [9.17, 15) is 4.79 Å². The molecule has 0 radical (unpaired) electrons. The van der Waals surface area contributed by atoms with E-state index >= 15 is 0 Å². The molecule has 0 aliphatic heterocycles. The van der Waals surface area contributed by atoms with E-state index in [2.05, 4.69) is 44.5 Å². The number of hydrogen-bond donors (Lipinski definition) is 2. The molecule has 0 saturated heterocycles. The van der Waals surface area contributed by atoms with Crippen molar-refractivity contribution in [3.05, 3.63) is 57.3 Å². The number of quaternary nitrogens is 1. The summed E-state index contributed by atoms with van der Waals surface area (Å²) in [5.41, 5.74) is 2.56. The van der Waals surface area contributed by atoms with E-state index < -0.39 is 0 Å². The van der Waals surface area contributed by atoms with Crippen LogP contribution >= 0.6 is 11.3 Å². The second-order valence-electron chi connectivity index (χ2n) is 7.25. The molecule has 4 heteroatoms. The third kappa shape index (κ3) is 4.05. The Balaban J connectivity index is 1.76. The fourth-order valence-electron chi connectivity index (χ4n) is 3.39. The van der Waals surface area contributed by atoms with E-state index in [1.165, 1.54) is 27.3 Å². The van der Waals surface area contributed by atoms with Gasteiger partial charge in [0.1, 0.15) is 12.6 Å². The van der Waals surface area contributed by atoms with Crippen molar-refractivity contribution in [2.75, 3.05) is 20.6 Å². The van der Waals surface area contributed by atoms with Crippen LogP contribution in [0.25, 0.3) is 0 Å². The normalized spacial score (nSPS) is 18.2. The van der Waals surface area contributed by atoms with Crippen LogP contribution in [0.2, 0.25) is 0 Å². The highest BCUT2D eigenvalue weighted by molar-refractivity contribution is 7.14. The molecule has 0 bridgehead atoms. The molecule has 1 heterocycles. The molecular formula is C20H27N2OS+. The Morgan fingerprint density at radius 2 is 2.08 bits per heavy atom. The van der Waals surface area contributed by atoms with Gasteiger partial charge in [-0.25, -0.2) is 0 Å². The number of aryl methyl sites for hydroxylation is 1. The van der Waals surface area contributed by atoms with Crippen molar-refractivity contribution in [3.63, 3.8) is 0 Å². The van der Waals surface area contributed by atoms with Gasteiger partial charge < -0.3 is 10.2 Å². The Morgan fingerprint density at radius 1 is 1.33 bits per heavy atom. The maximum atomic E-state index is 12.8. The maximum absolute atomic E-state index is 12.8. The van der Waals surface area contributed by atoms with E-state index in [-0.39, 0.29) is 11.9 Å². The van der Waals surface area contributed by atoms with E-state index in [0.717, 1.165) is 30.2 Å². The summed E-state index contributed by atoms with van der Waals surface area (Å²) in [6, 6.07) is 12.4. The third-order valence-electron chi connectivity index (χ3n) is 4.67. The van der Waals surface area contributed by atoms with Crippen molar-refractivity contribution < 1.29 is 9.69 Å². The van der Waals surface area contributed by atoms with Crippen LogP contribution in [0, 0.1) is 5.92 Å². The van der Waals surface area contributed by atoms with Gasteiger partial charge in [0.15, 0.2) is 0 Å². The number of carbonyl (C=O) groups is 1. The monoisotopic (exact) mass is 343 g/mol. The molecule has 1 aliphatic rings. The lowest BCUT2D eigenvalue weighted by molar-refractivity contribution is -0.860. The van der Waals surface area contributed by atoms with E-state index in [4.69, 9.17) is 0 Å². The first-order valence-electron chi connectivity index (χ1n) is 8.79. The molecular weight excluding hydrogens is 316 g/mol. The van der Waals surface area contributed by atoms with Gasteiger partial charge in [-0.15, -0.1) is 11.3 Å². The third-order valence-corrected chi connectivity index (χ3v) is 5.91. The van der Waals surface area contributed by atoms with Gasteiger partial charge in [0.05, 0.1) is 19.0 Å². The molecule has 1 aromatic carbocycles. The number of benzene rings is 1. The van der Waals surface area contributed by atoms with Crippen LogP contribution in [0.15, 0.2) is 36.4 Å². The topological polar surface area (TPSA) is 33.5 Å². The number of likely N-dealkylation sites (N-methyl/N-ethyl adjacent to an activating group) is 1. The van der Waals surface area contributed by atoms with Crippen LogP contribution in [0.5, 0.6) is 0 Å². The lowest BCUT2D eigenvalue weighted by atomic mass is 9.90. The van der Waals surface area contributed by atoms with Crippen LogP contribution in [-0.4, -0.2) is 26.5 Å². The van der Waals surface area contributed by atoms with Crippen LogP contribution in [0.4, 0.5) is 0 Å². The zero-order chi connectivity index (χ0) is 17.1. The summed E-state index contributed by atoms with van der Waals surface area (Å²) < 4.78 is 0. The summed E-state index contributed by atoms with van der Waals surface area (Å²) in [6.45, 7) is 3.17. The summed E-state index contributed by atoms with van der Waals surface area (Å²) in [4.78, 5) is 16.4. The molecule has 1 amide bonds. The number of carbonyl (C=O) groups excluding carboxylic acids is 1. The summed E-state index contributed by atoms with van der Waals surface area (Å²) in [5, 5.41) is 3.25. The van der Waals surface area contributed by atoms with Crippen LogP contribution in [-0.2, 0) is 12.8 Å². The highest BCUT2D eigenvalue weighted by atomic mass is 32.1. The van der Waals surface area contributed by atoms with E-state index in [0.29, 0.717) is 0 Å². The van der Waals surface area contributed by atoms with E-state index in [1.807, 2.05) is 18.2 Å². The number of fused-ring (bicyclic) bond motifs is 1. The average molecular weight is 344 g/mol. The Bertz CT molecular complexity index is 693. The zero-order valence-corrected chi connectivity index (χ0v) is 15.6. The molecule has 2 N–H and O–H groups in total. The number of thiophene rings is 1. The molecule has 1 aliphatic carbocycles. The summed E-state index contributed by atoms with van der Waals surface area (Å²) in [6.07, 6.45) is 3.48. The molecule has 0 spiro atoms. The SMILES string of the molecule is C[C@@H]1CCc2sc(C(=O)N[C@H](C[NH+](C)C)c3ccccc3)cc2C1. The minimum atomic E-state index is 0.0433. The lowest BCUT2D eigenvalue weighted by Gasteiger charge is -2.20. The first-order chi connectivity index (χ1) is 11.5. The van der Waals surface area contributed by atoms with Gasteiger partial charge in [0, 0.05) is 4.88 Å². The molecule has 3 rings (SSSR count). The van der Waals surface area contributed by atoms with Crippen molar-refractivity contribution in [2.24, 2.45) is 5.92 Å². The second-order valence-corrected chi connectivity index (χ2v) is 8.39. The predicted molar refractivity (Wildman–Crippen MR) is 99.8 cm³/mol. The Hall–Kier alpha value is -1.65. The molecule has 0 saturated carbocycles. The van der Waals surface area contributed by atoms with Crippen LogP contribution in [0.3, 0.4) is 0 Å². The summed E-state index contributed by atoms with van der Waals surface area (Å²) in [5.74, 6) is 0.801. The summed E-state index contributed by atoms with van der Waals surface area (Å²) >= 11 is 1.68. The van der Waals surface area contributed by atoms with Gasteiger partial charge in [0.2, 0.25) is 0 Å².